The van der Waals surface area contributed by atoms with Crippen molar-refractivity contribution in [2.24, 2.45) is 16.8 Å². The van der Waals surface area contributed by atoms with Crippen LogP contribution in [0.3, 0.4) is 0 Å². The van der Waals surface area contributed by atoms with Crippen LogP contribution in [-0.2, 0) is 4.79 Å². The molecule has 0 bridgehead atoms. The number of carbonyl (C=O) groups excluding carboxylic acids is 1. The van der Waals surface area contributed by atoms with Crippen molar-refractivity contribution in [3.63, 3.8) is 0 Å². The first-order valence-corrected chi connectivity index (χ1v) is 4.94. The maximum absolute atomic E-state index is 11.7. The van der Waals surface area contributed by atoms with Gasteiger partial charge in [-0.2, -0.15) is 0 Å². The minimum Gasteiger partial charge on any atom is -0.409 e. The third-order valence-electron chi connectivity index (χ3n) is 2.21. The van der Waals surface area contributed by atoms with E-state index >= 15 is 0 Å². The molecule has 0 unspecified atom stereocenters. The van der Waals surface area contributed by atoms with Gasteiger partial charge in [-0.25, -0.2) is 0 Å². The van der Waals surface area contributed by atoms with Crippen LogP contribution in [0.2, 0.25) is 0 Å². The van der Waals surface area contributed by atoms with Gasteiger partial charge in [-0.3, -0.25) is 4.79 Å². The van der Waals surface area contributed by atoms with Gasteiger partial charge in [0.25, 0.3) is 0 Å². The molecule has 14 heavy (non-hydrogen) atoms. The Bertz CT molecular complexity index is 236. The van der Waals surface area contributed by atoms with Crippen LogP contribution in [0, 0.1) is 5.92 Å². The lowest BCUT2D eigenvalue weighted by Crippen LogP contribution is -2.39. The number of rotatable bonds is 5. The number of hydrogen-bond donors (Lipinski definition) is 2. The predicted molar refractivity (Wildman–Crippen MR) is 53.0 cm³/mol. The number of amidine groups is 1. The van der Waals surface area contributed by atoms with Crippen LogP contribution < -0.4 is 5.73 Å². The van der Waals surface area contributed by atoms with Crippen LogP contribution in [0.4, 0.5) is 0 Å². The molecule has 1 saturated carbocycles. The summed E-state index contributed by atoms with van der Waals surface area (Å²) in [5.74, 6) is 0.416. The number of oxime groups is 1. The van der Waals surface area contributed by atoms with Gasteiger partial charge in [0, 0.05) is 12.5 Å². The number of nitrogens with zero attached hydrogens (tertiary/aromatic N) is 2. The predicted octanol–water partition coefficient (Wildman–Crippen LogP) is 0.381. The average Bonchev–Trinajstić information content (AvgIpc) is 2.99. The molecule has 1 fully saturated rings. The van der Waals surface area contributed by atoms with Crippen LogP contribution in [0.5, 0.6) is 0 Å². The van der Waals surface area contributed by atoms with Crippen molar-refractivity contribution in [1.82, 2.24) is 4.90 Å². The second-order valence-electron chi connectivity index (χ2n) is 3.63. The minimum atomic E-state index is 0.0902. The van der Waals surface area contributed by atoms with E-state index in [0.29, 0.717) is 6.54 Å². The van der Waals surface area contributed by atoms with Gasteiger partial charge in [0.2, 0.25) is 5.91 Å². The lowest BCUT2D eigenvalue weighted by atomic mass is 10.3. The van der Waals surface area contributed by atoms with Crippen molar-refractivity contribution < 1.29 is 10.0 Å². The molecule has 0 aromatic rings. The lowest BCUT2D eigenvalue weighted by Gasteiger charge is -2.20. The summed E-state index contributed by atoms with van der Waals surface area (Å²) in [6.45, 7) is 2.91. The molecule has 5 nitrogen and oxygen atoms in total. The maximum atomic E-state index is 11.7. The maximum Gasteiger partial charge on any atom is 0.226 e. The van der Waals surface area contributed by atoms with Crippen LogP contribution >= 0.6 is 0 Å². The molecule has 5 heteroatoms. The van der Waals surface area contributed by atoms with Crippen LogP contribution in [0.1, 0.15) is 26.2 Å². The Labute approximate surface area is 83.6 Å². The largest absolute Gasteiger partial charge is 0.409 e. The first-order valence-electron chi connectivity index (χ1n) is 4.94. The van der Waals surface area contributed by atoms with E-state index in [0.717, 1.165) is 19.3 Å². The monoisotopic (exact) mass is 199 g/mol. The number of hydrogen-bond acceptors (Lipinski definition) is 3. The molecule has 80 valence electrons. The topological polar surface area (TPSA) is 78.9 Å². The third kappa shape index (κ3) is 2.90. The van der Waals surface area contributed by atoms with Crippen molar-refractivity contribution in [1.29, 1.82) is 0 Å². The minimum absolute atomic E-state index is 0.0902. The lowest BCUT2D eigenvalue weighted by molar-refractivity contribution is -0.131. The Balaban J connectivity index is 2.48. The molecule has 0 aromatic heterocycles. The molecule has 1 aliphatic rings. The average molecular weight is 199 g/mol. The Morgan fingerprint density at radius 1 is 1.64 bits per heavy atom. The van der Waals surface area contributed by atoms with Gasteiger partial charge in [0.1, 0.15) is 0 Å². The van der Waals surface area contributed by atoms with E-state index in [1.165, 1.54) is 0 Å². The Morgan fingerprint density at radius 3 is 2.71 bits per heavy atom. The number of amides is 1. The summed E-state index contributed by atoms with van der Waals surface area (Å²) in [6, 6.07) is 0. The zero-order chi connectivity index (χ0) is 10.6. The summed E-state index contributed by atoms with van der Waals surface area (Å²) in [4.78, 5) is 13.3. The van der Waals surface area contributed by atoms with Crippen molar-refractivity contribution in [3.05, 3.63) is 0 Å². The van der Waals surface area contributed by atoms with Gasteiger partial charge in [0.15, 0.2) is 5.84 Å². The van der Waals surface area contributed by atoms with Gasteiger partial charge in [-0.15, -0.1) is 0 Å². The van der Waals surface area contributed by atoms with Crippen molar-refractivity contribution >= 4 is 11.7 Å². The van der Waals surface area contributed by atoms with Gasteiger partial charge >= 0.3 is 0 Å². The van der Waals surface area contributed by atoms with E-state index < -0.39 is 0 Å². The quantitative estimate of drug-likeness (QED) is 0.291. The second-order valence-corrected chi connectivity index (χ2v) is 3.63. The molecular weight excluding hydrogens is 182 g/mol. The molecule has 3 N–H and O–H groups in total. The summed E-state index contributed by atoms with van der Waals surface area (Å²) in [5, 5.41) is 11.3. The molecule has 0 saturated heterocycles. The second kappa shape index (κ2) is 4.83. The van der Waals surface area contributed by atoms with E-state index in [1.807, 2.05) is 6.92 Å². The van der Waals surface area contributed by atoms with Crippen molar-refractivity contribution in [2.75, 3.05) is 13.1 Å². The van der Waals surface area contributed by atoms with Gasteiger partial charge < -0.3 is 15.8 Å². The fourth-order valence-corrected chi connectivity index (χ4v) is 1.35. The molecule has 0 radical (unpaired) electrons. The Kier molecular flexibility index (Phi) is 3.73. The van der Waals surface area contributed by atoms with Crippen LogP contribution in [0.15, 0.2) is 5.16 Å². The smallest absolute Gasteiger partial charge is 0.226 e. The Hall–Kier alpha value is -1.26. The van der Waals surface area contributed by atoms with Crippen molar-refractivity contribution in [3.8, 4) is 0 Å². The molecule has 0 heterocycles. The van der Waals surface area contributed by atoms with Crippen molar-refractivity contribution in [2.45, 2.75) is 26.2 Å². The molecule has 0 aromatic carbocycles. The molecular formula is C9H17N3O2. The highest BCUT2D eigenvalue weighted by atomic mass is 16.4. The van der Waals surface area contributed by atoms with E-state index in [-0.39, 0.29) is 24.2 Å². The molecule has 0 spiro atoms. The summed E-state index contributed by atoms with van der Waals surface area (Å²) in [7, 11) is 0. The first-order chi connectivity index (χ1) is 6.69. The SMILES string of the molecule is CCCN(CC(N)=NO)C(=O)C1CC1. The summed E-state index contributed by atoms with van der Waals surface area (Å²) >= 11 is 0. The van der Waals surface area contributed by atoms with E-state index in [2.05, 4.69) is 5.16 Å². The fourth-order valence-electron chi connectivity index (χ4n) is 1.35. The van der Waals surface area contributed by atoms with Crippen LogP contribution in [0.25, 0.3) is 0 Å². The summed E-state index contributed by atoms with van der Waals surface area (Å²) in [5.41, 5.74) is 5.37. The fraction of sp³-hybridized carbons (Fsp3) is 0.778. The van der Waals surface area contributed by atoms with Gasteiger partial charge in [-0.1, -0.05) is 12.1 Å². The van der Waals surface area contributed by atoms with Gasteiger partial charge in [-0.05, 0) is 19.3 Å². The number of carbonyl (C=O) groups is 1. The number of nitrogens with two attached hydrogens (primary N) is 1. The molecule has 0 aliphatic heterocycles. The molecule has 0 atom stereocenters. The molecule has 1 amide bonds. The third-order valence-corrected chi connectivity index (χ3v) is 2.21. The first kappa shape index (κ1) is 10.8. The highest BCUT2D eigenvalue weighted by Gasteiger charge is 2.33. The van der Waals surface area contributed by atoms with E-state index in [1.54, 1.807) is 4.90 Å². The zero-order valence-electron chi connectivity index (χ0n) is 8.44. The van der Waals surface area contributed by atoms with E-state index in [9.17, 15) is 4.79 Å². The van der Waals surface area contributed by atoms with Gasteiger partial charge in [0.05, 0.1) is 6.54 Å². The highest BCUT2D eigenvalue weighted by Crippen LogP contribution is 2.30. The summed E-state index contributed by atoms with van der Waals surface area (Å²) < 4.78 is 0. The highest BCUT2D eigenvalue weighted by molar-refractivity contribution is 5.88. The van der Waals surface area contributed by atoms with E-state index in [4.69, 9.17) is 10.9 Å². The molecule has 1 rings (SSSR count). The zero-order valence-corrected chi connectivity index (χ0v) is 8.44. The summed E-state index contributed by atoms with van der Waals surface area (Å²) in [6.07, 6.45) is 2.85. The standard InChI is InChI=1S/C9H17N3O2/c1-2-5-12(6-8(10)11-14)9(13)7-3-4-7/h7,14H,2-6H2,1H3,(H2,10,11). The normalized spacial score (nSPS) is 16.8. The Morgan fingerprint density at radius 2 is 2.29 bits per heavy atom. The molecule has 1 aliphatic carbocycles. The van der Waals surface area contributed by atoms with Crippen LogP contribution in [-0.4, -0.2) is 34.9 Å².